The van der Waals surface area contributed by atoms with E-state index in [4.69, 9.17) is 10.5 Å². The lowest BCUT2D eigenvalue weighted by molar-refractivity contribution is -0.130. The summed E-state index contributed by atoms with van der Waals surface area (Å²) in [6.07, 6.45) is 3.72. The second-order valence-electron chi connectivity index (χ2n) is 4.70. The second kappa shape index (κ2) is 4.82. The molecule has 2 rings (SSSR count). The molecule has 0 aromatic heterocycles. The normalized spacial score (nSPS) is 26.4. The van der Waals surface area contributed by atoms with Crippen molar-refractivity contribution in [2.24, 2.45) is 17.6 Å². The van der Waals surface area contributed by atoms with Crippen molar-refractivity contribution in [2.45, 2.75) is 31.7 Å². The standard InChI is InChI=1S/C11H18N2O3/c12-10(14)9(5-7-1-2-7)13-11(15)8-3-4-16-6-8/h7-9H,1-6H2,(H2,12,14)(H,13,15)/t8-,9-/m0/s1. The molecule has 2 amide bonds. The van der Waals surface area contributed by atoms with Crippen LogP contribution in [0.15, 0.2) is 0 Å². The van der Waals surface area contributed by atoms with Crippen LogP contribution in [0, 0.1) is 11.8 Å². The highest BCUT2D eigenvalue weighted by Crippen LogP contribution is 2.33. The van der Waals surface area contributed by atoms with Gasteiger partial charge in [-0.25, -0.2) is 0 Å². The molecule has 2 atom stereocenters. The molecule has 2 aliphatic rings. The van der Waals surface area contributed by atoms with E-state index in [9.17, 15) is 9.59 Å². The summed E-state index contributed by atoms with van der Waals surface area (Å²) in [6.45, 7) is 1.09. The van der Waals surface area contributed by atoms with Gasteiger partial charge in [0.15, 0.2) is 0 Å². The molecule has 5 nitrogen and oxygen atoms in total. The Labute approximate surface area is 94.7 Å². The minimum atomic E-state index is -0.499. The predicted octanol–water partition coefficient (Wildman–Crippen LogP) is -0.207. The number of hydrogen-bond acceptors (Lipinski definition) is 3. The number of rotatable bonds is 5. The molecule has 16 heavy (non-hydrogen) atoms. The van der Waals surface area contributed by atoms with Crippen LogP contribution in [0.2, 0.25) is 0 Å². The van der Waals surface area contributed by atoms with E-state index in [0.29, 0.717) is 25.6 Å². The van der Waals surface area contributed by atoms with Crippen LogP contribution in [0.4, 0.5) is 0 Å². The number of ether oxygens (including phenoxy) is 1. The number of nitrogens with two attached hydrogens (primary N) is 1. The van der Waals surface area contributed by atoms with E-state index in [-0.39, 0.29) is 11.8 Å². The summed E-state index contributed by atoms with van der Waals surface area (Å²) in [5.74, 6) is -0.0696. The van der Waals surface area contributed by atoms with Crippen LogP contribution >= 0.6 is 0 Å². The summed E-state index contributed by atoms with van der Waals surface area (Å²) < 4.78 is 5.14. The molecule has 1 heterocycles. The third kappa shape index (κ3) is 2.95. The van der Waals surface area contributed by atoms with E-state index in [1.807, 2.05) is 0 Å². The van der Waals surface area contributed by atoms with Crippen LogP contribution < -0.4 is 11.1 Å². The molecule has 0 aromatic rings. The first-order valence-corrected chi connectivity index (χ1v) is 5.84. The first-order valence-electron chi connectivity index (χ1n) is 5.84. The quantitative estimate of drug-likeness (QED) is 0.680. The molecule has 0 spiro atoms. The van der Waals surface area contributed by atoms with Crippen molar-refractivity contribution in [1.29, 1.82) is 0 Å². The molecule has 1 aliphatic carbocycles. The molecular weight excluding hydrogens is 208 g/mol. The molecule has 5 heteroatoms. The molecule has 0 unspecified atom stereocenters. The summed E-state index contributed by atoms with van der Waals surface area (Å²) in [5, 5.41) is 2.74. The second-order valence-corrected chi connectivity index (χ2v) is 4.70. The van der Waals surface area contributed by atoms with Crippen molar-refractivity contribution < 1.29 is 14.3 Å². The Bertz CT molecular complexity index is 283. The molecule has 1 saturated heterocycles. The molecular formula is C11H18N2O3. The molecule has 1 saturated carbocycles. The lowest BCUT2D eigenvalue weighted by Crippen LogP contribution is -2.47. The van der Waals surface area contributed by atoms with Crippen LogP contribution in [0.5, 0.6) is 0 Å². The topological polar surface area (TPSA) is 81.4 Å². The van der Waals surface area contributed by atoms with Crippen molar-refractivity contribution in [1.82, 2.24) is 5.32 Å². The highest BCUT2D eigenvalue weighted by Gasteiger charge is 2.31. The minimum absolute atomic E-state index is 0.0954. The van der Waals surface area contributed by atoms with Crippen molar-refractivity contribution in [3.63, 3.8) is 0 Å². The fourth-order valence-electron chi connectivity index (χ4n) is 1.96. The number of hydrogen-bond donors (Lipinski definition) is 2. The lowest BCUT2D eigenvalue weighted by atomic mass is 10.1. The first kappa shape index (κ1) is 11.4. The van der Waals surface area contributed by atoms with Crippen LogP contribution in [0.3, 0.4) is 0 Å². The fraction of sp³-hybridized carbons (Fsp3) is 0.818. The smallest absolute Gasteiger partial charge is 0.240 e. The Morgan fingerprint density at radius 1 is 1.38 bits per heavy atom. The monoisotopic (exact) mass is 226 g/mol. The number of amides is 2. The van der Waals surface area contributed by atoms with E-state index in [2.05, 4.69) is 5.32 Å². The number of primary amides is 1. The van der Waals surface area contributed by atoms with Gasteiger partial charge in [-0.3, -0.25) is 9.59 Å². The van der Waals surface area contributed by atoms with Gasteiger partial charge in [0.2, 0.25) is 11.8 Å². The third-order valence-corrected chi connectivity index (χ3v) is 3.23. The van der Waals surface area contributed by atoms with Gasteiger partial charge in [0, 0.05) is 6.61 Å². The van der Waals surface area contributed by atoms with E-state index in [1.54, 1.807) is 0 Å². The van der Waals surface area contributed by atoms with Crippen molar-refractivity contribution in [2.75, 3.05) is 13.2 Å². The summed E-state index contributed by atoms with van der Waals surface area (Å²) in [4.78, 5) is 23.0. The zero-order chi connectivity index (χ0) is 11.5. The van der Waals surface area contributed by atoms with Gasteiger partial charge in [-0.1, -0.05) is 12.8 Å². The van der Waals surface area contributed by atoms with Gasteiger partial charge in [-0.15, -0.1) is 0 Å². The summed E-state index contributed by atoms with van der Waals surface area (Å²) >= 11 is 0. The van der Waals surface area contributed by atoms with Crippen LogP contribution in [0.25, 0.3) is 0 Å². The van der Waals surface area contributed by atoms with Gasteiger partial charge in [-0.05, 0) is 18.8 Å². The fourth-order valence-corrected chi connectivity index (χ4v) is 1.96. The maximum atomic E-state index is 11.8. The van der Waals surface area contributed by atoms with Crippen LogP contribution in [-0.4, -0.2) is 31.1 Å². The maximum absolute atomic E-state index is 11.8. The van der Waals surface area contributed by atoms with Gasteiger partial charge in [0.1, 0.15) is 6.04 Å². The summed E-state index contributed by atoms with van der Waals surface area (Å²) in [7, 11) is 0. The highest BCUT2D eigenvalue weighted by molar-refractivity contribution is 5.87. The Balaban J connectivity index is 1.83. The average molecular weight is 226 g/mol. The van der Waals surface area contributed by atoms with Gasteiger partial charge in [-0.2, -0.15) is 0 Å². The van der Waals surface area contributed by atoms with E-state index < -0.39 is 11.9 Å². The highest BCUT2D eigenvalue weighted by atomic mass is 16.5. The zero-order valence-electron chi connectivity index (χ0n) is 9.28. The Hall–Kier alpha value is -1.10. The number of carbonyl (C=O) groups is 2. The van der Waals surface area contributed by atoms with E-state index >= 15 is 0 Å². The Morgan fingerprint density at radius 3 is 2.62 bits per heavy atom. The average Bonchev–Trinajstić information content (AvgIpc) is 2.89. The van der Waals surface area contributed by atoms with Gasteiger partial charge in [0.05, 0.1) is 12.5 Å². The van der Waals surface area contributed by atoms with Gasteiger partial charge in [0.25, 0.3) is 0 Å². The van der Waals surface area contributed by atoms with Crippen molar-refractivity contribution in [3.05, 3.63) is 0 Å². The van der Waals surface area contributed by atoms with Gasteiger partial charge < -0.3 is 15.8 Å². The molecule has 0 bridgehead atoms. The number of carbonyl (C=O) groups excluding carboxylic acids is 2. The largest absolute Gasteiger partial charge is 0.381 e. The molecule has 3 N–H and O–H groups in total. The maximum Gasteiger partial charge on any atom is 0.240 e. The molecule has 2 fully saturated rings. The van der Waals surface area contributed by atoms with Crippen LogP contribution in [0.1, 0.15) is 25.7 Å². The van der Waals surface area contributed by atoms with E-state index in [0.717, 1.165) is 19.3 Å². The zero-order valence-corrected chi connectivity index (χ0v) is 9.28. The molecule has 1 aliphatic heterocycles. The summed E-state index contributed by atoms with van der Waals surface area (Å²) in [6, 6.07) is -0.499. The van der Waals surface area contributed by atoms with Crippen molar-refractivity contribution in [3.8, 4) is 0 Å². The minimum Gasteiger partial charge on any atom is -0.381 e. The summed E-state index contributed by atoms with van der Waals surface area (Å²) in [5.41, 5.74) is 5.27. The van der Waals surface area contributed by atoms with E-state index in [1.165, 1.54) is 0 Å². The van der Waals surface area contributed by atoms with Crippen LogP contribution in [-0.2, 0) is 14.3 Å². The van der Waals surface area contributed by atoms with Crippen molar-refractivity contribution >= 4 is 11.8 Å². The van der Waals surface area contributed by atoms with Gasteiger partial charge >= 0.3 is 0 Å². The Kier molecular flexibility index (Phi) is 3.43. The number of nitrogens with one attached hydrogen (secondary N) is 1. The Morgan fingerprint density at radius 2 is 2.12 bits per heavy atom. The SMILES string of the molecule is NC(=O)[C@H](CC1CC1)NC(=O)[C@H]1CCOC1. The molecule has 0 aromatic carbocycles. The first-order chi connectivity index (χ1) is 7.66. The third-order valence-electron chi connectivity index (χ3n) is 3.23. The molecule has 0 radical (unpaired) electrons. The predicted molar refractivity (Wildman–Crippen MR) is 57.4 cm³/mol. The molecule has 90 valence electrons. The lowest BCUT2D eigenvalue weighted by Gasteiger charge is -2.17.